The van der Waals surface area contributed by atoms with Crippen LogP contribution in [0.5, 0.6) is 0 Å². The normalized spacial score (nSPS) is 25.5. The Kier molecular flexibility index (Phi) is 8.22. The molecule has 6 heteroatoms. The van der Waals surface area contributed by atoms with E-state index in [1.54, 1.807) is 0 Å². The highest BCUT2D eigenvalue weighted by atomic mass is 32.2. The second-order valence-electron chi connectivity index (χ2n) is 7.15. The van der Waals surface area contributed by atoms with Crippen molar-refractivity contribution in [2.75, 3.05) is 31.9 Å². The van der Waals surface area contributed by atoms with Crippen molar-refractivity contribution in [2.45, 2.75) is 63.5 Å². The maximum atomic E-state index is 12.1. The zero-order chi connectivity index (χ0) is 17.3. The number of hydrogen-bond donors (Lipinski definition) is 3. The molecule has 0 aromatic rings. The second-order valence-corrected chi connectivity index (χ2v) is 8.83. The van der Waals surface area contributed by atoms with Crippen LogP contribution in [0.1, 0.15) is 58.8 Å². The van der Waals surface area contributed by atoms with E-state index in [0.717, 1.165) is 31.9 Å². The Hall–Kier alpha value is -0.910. The largest absolute Gasteiger partial charge is 0.357 e. The molecule has 24 heavy (non-hydrogen) atoms. The Bertz CT molecular complexity index is 415. The molecule has 2 aliphatic rings. The molecule has 1 saturated heterocycles. The first-order valence-electron chi connectivity index (χ1n) is 9.57. The molecule has 2 rings (SSSR count). The molecule has 0 aromatic carbocycles. The summed E-state index contributed by atoms with van der Waals surface area (Å²) >= 11 is 2.03. The van der Waals surface area contributed by atoms with Gasteiger partial charge < -0.3 is 16.0 Å². The number of guanidine groups is 1. The zero-order valence-corrected chi connectivity index (χ0v) is 16.1. The van der Waals surface area contributed by atoms with E-state index in [9.17, 15) is 4.79 Å². The Balaban J connectivity index is 1.67. The van der Waals surface area contributed by atoms with Gasteiger partial charge in [-0.05, 0) is 45.3 Å². The molecule has 1 amide bonds. The lowest BCUT2D eigenvalue weighted by Gasteiger charge is -2.22. The van der Waals surface area contributed by atoms with Crippen LogP contribution < -0.4 is 16.0 Å². The third-order valence-electron chi connectivity index (χ3n) is 4.91. The molecule has 2 fully saturated rings. The molecular weight excluding hydrogens is 320 g/mol. The second kappa shape index (κ2) is 10.2. The smallest absolute Gasteiger partial charge is 0.223 e. The molecule has 1 unspecified atom stereocenters. The molecule has 5 nitrogen and oxygen atoms in total. The number of aliphatic imine (C=N–C) groups is 1. The summed E-state index contributed by atoms with van der Waals surface area (Å²) in [5.74, 6) is 2.58. The van der Waals surface area contributed by atoms with Gasteiger partial charge in [-0.2, -0.15) is 11.8 Å². The summed E-state index contributed by atoms with van der Waals surface area (Å²) in [6.45, 7) is 7.46. The number of thioether (sulfide) groups is 1. The molecule has 1 atom stereocenters. The topological polar surface area (TPSA) is 65.5 Å². The van der Waals surface area contributed by atoms with Gasteiger partial charge in [0.2, 0.25) is 5.91 Å². The number of nitrogens with one attached hydrogen (secondary N) is 3. The fourth-order valence-corrected chi connectivity index (χ4v) is 4.65. The van der Waals surface area contributed by atoms with Crippen LogP contribution in [0.4, 0.5) is 0 Å². The highest BCUT2D eigenvalue weighted by Crippen LogP contribution is 2.37. The van der Waals surface area contributed by atoms with E-state index in [4.69, 9.17) is 4.99 Å². The SMILES string of the molecule is CCNC(=NCC1(C)CCCS1)NCCNC(=O)C1CCCCC1. The van der Waals surface area contributed by atoms with Crippen LogP contribution in [0, 0.1) is 5.92 Å². The van der Waals surface area contributed by atoms with Gasteiger partial charge in [-0.1, -0.05) is 19.3 Å². The van der Waals surface area contributed by atoms with Crippen molar-refractivity contribution in [3.05, 3.63) is 0 Å². The molecule has 138 valence electrons. The van der Waals surface area contributed by atoms with E-state index in [1.165, 1.54) is 37.9 Å². The summed E-state index contributed by atoms with van der Waals surface area (Å²) in [6, 6.07) is 0. The minimum atomic E-state index is 0.230. The van der Waals surface area contributed by atoms with Crippen LogP contribution in [-0.4, -0.2) is 48.5 Å². The van der Waals surface area contributed by atoms with Crippen molar-refractivity contribution in [1.82, 2.24) is 16.0 Å². The molecule has 1 heterocycles. The number of amides is 1. The van der Waals surface area contributed by atoms with Gasteiger partial charge >= 0.3 is 0 Å². The summed E-state index contributed by atoms with van der Waals surface area (Å²) in [6.07, 6.45) is 8.34. The molecule has 0 radical (unpaired) electrons. The van der Waals surface area contributed by atoms with Gasteiger partial charge in [0.1, 0.15) is 0 Å². The third-order valence-corrected chi connectivity index (χ3v) is 6.43. The van der Waals surface area contributed by atoms with Crippen LogP contribution in [-0.2, 0) is 4.79 Å². The predicted molar refractivity (Wildman–Crippen MR) is 104 cm³/mol. The number of carbonyl (C=O) groups is 1. The zero-order valence-electron chi connectivity index (χ0n) is 15.3. The van der Waals surface area contributed by atoms with Crippen LogP contribution in [0.2, 0.25) is 0 Å². The number of hydrogen-bond acceptors (Lipinski definition) is 3. The molecule has 3 N–H and O–H groups in total. The highest BCUT2D eigenvalue weighted by molar-refractivity contribution is 8.00. The van der Waals surface area contributed by atoms with Gasteiger partial charge in [0.05, 0.1) is 6.54 Å². The third kappa shape index (κ3) is 6.54. The Morgan fingerprint density at radius 1 is 1.12 bits per heavy atom. The summed E-state index contributed by atoms with van der Waals surface area (Å²) in [5.41, 5.74) is 0. The van der Waals surface area contributed by atoms with Crippen molar-refractivity contribution in [3.8, 4) is 0 Å². The predicted octanol–water partition coefficient (Wildman–Crippen LogP) is 2.52. The van der Waals surface area contributed by atoms with Crippen LogP contribution in [0.3, 0.4) is 0 Å². The summed E-state index contributed by atoms with van der Waals surface area (Å²) in [5, 5.41) is 9.69. The van der Waals surface area contributed by atoms with Gasteiger partial charge in [0, 0.05) is 30.3 Å². The van der Waals surface area contributed by atoms with E-state index < -0.39 is 0 Å². The summed E-state index contributed by atoms with van der Waals surface area (Å²) < 4.78 is 0.289. The molecule has 1 aliphatic carbocycles. The highest BCUT2D eigenvalue weighted by Gasteiger charge is 2.29. The van der Waals surface area contributed by atoms with Crippen molar-refractivity contribution in [3.63, 3.8) is 0 Å². The molecule has 0 spiro atoms. The van der Waals surface area contributed by atoms with Gasteiger partial charge in [-0.3, -0.25) is 9.79 Å². The number of carbonyl (C=O) groups excluding carboxylic acids is 1. The molecule has 0 aromatic heterocycles. The molecule has 1 saturated carbocycles. The minimum absolute atomic E-state index is 0.230. The van der Waals surface area contributed by atoms with E-state index in [1.807, 2.05) is 11.8 Å². The first-order valence-corrected chi connectivity index (χ1v) is 10.6. The first kappa shape index (κ1) is 19.4. The minimum Gasteiger partial charge on any atom is -0.357 e. The maximum Gasteiger partial charge on any atom is 0.223 e. The number of rotatable bonds is 7. The lowest BCUT2D eigenvalue weighted by atomic mass is 9.89. The summed E-state index contributed by atoms with van der Waals surface area (Å²) in [7, 11) is 0. The lowest BCUT2D eigenvalue weighted by molar-refractivity contribution is -0.125. The number of nitrogens with zero attached hydrogens (tertiary/aromatic N) is 1. The Morgan fingerprint density at radius 3 is 2.54 bits per heavy atom. The lowest BCUT2D eigenvalue weighted by Crippen LogP contribution is -2.43. The van der Waals surface area contributed by atoms with E-state index in [-0.39, 0.29) is 16.6 Å². The van der Waals surface area contributed by atoms with Gasteiger partial charge in [-0.25, -0.2) is 0 Å². The summed E-state index contributed by atoms with van der Waals surface area (Å²) in [4.78, 5) is 16.9. The average molecular weight is 355 g/mol. The van der Waals surface area contributed by atoms with Gasteiger partial charge in [0.25, 0.3) is 0 Å². The van der Waals surface area contributed by atoms with Gasteiger partial charge in [-0.15, -0.1) is 0 Å². The molecule has 1 aliphatic heterocycles. The van der Waals surface area contributed by atoms with Crippen molar-refractivity contribution in [2.24, 2.45) is 10.9 Å². The monoisotopic (exact) mass is 354 g/mol. The van der Waals surface area contributed by atoms with Gasteiger partial charge in [0.15, 0.2) is 5.96 Å². The first-order chi connectivity index (χ1) is 11.6. The Morgan fingerprint density at radius 2 is 1.88 bits per heavy atom. The fourth-order valence-electron chi connectivity index (χ4n) is 3.43. The van der Waals surface area contributed by atoms with Crippen LogP contribution in [0.25, 0.3) is 0 Å². The van der Waals surface area contributed by atoms with Crippen molar-refractivity contribution < 1.29 is 4.79 Å². The van der Waals surface area contributed by atoms with E-state index in [2.05, 4.69) is 29.8 Å². The Labute approximate surface area is 151 Å². The van der Waals surface area contributed by atoms with Crippen LogP contribution >= 0.6 is 11.8 Å². The van der Waals surface area contributed by atoms with E-state index >= 15 is 0 Å². The average Bonchev–Trinajstić information content (AvgIpc) is 3.04. The van der Waals surface area contributed by atoms with Crippen molar-refractivity contribution >= 4 is 23.6 Å². The maximum absolute atomic E-state index is 12.1. The molecule has 0 bridgehead atoms. The van der Waals surface area contributed by atoms with Crippen LogP contribution in [0.15, 0.2) is 4.99 Å². The standard InChI is InChI=1S/C18H34N4OS/c1-3-19-17(22-14-18(2)10-7-13-24-18)21-12-11-20-16(23)15-8-5-4-6-9-15/h15H,3-14H2,1-2H3,(H,20,23)(H2,19,21,22). The quantitative estimate of drug-likeness (QED) is 0.373. The van der Waals surface area contributed by atoms with Crippen molar-refractivity contribution in [1.29, 1.82) is 0 Å². The van der Waals surface area contributed by atoms with E-state index in [0.29, 0.717) is 13.1 Å². The molecular formula is C18H34N4OS. The fraction of sp³-hybridized carbons (Fsp3) is 0.889.